The molecular weight excluding hydrogens is 376 g/mol. The number of likely N-dealkylation sites (tertiary alicyclic amines) is 1. The maximum Gasteiger partial charge on any atom is 0.229 e. The Labute approximate surface area is 178 Å². The number of nitrogens with zero attached hydrogens (tertiary/aromatic N) is 5. The van der Waals surface area contributed by atoms with Crippen molar-refractivity contribution >= 4 is 17.4 Å². The van der Waals surface area contributed by atoms with Gasteiger partial charge < -0.3 is 15.1 Å². The molecule has 5 heterocycles. The first-order valence-corrected chi connectivity index (χ1v) is 11.8. The van der Waals surface area contributed by atoms with Crippen LogP contribution >= 0.6 is 0 Å². The number of hydrogen-bond acceptors (Lipinski definition) is 5. The van der Waals surface area contributed by atoms with E-state index in [0.717, 1.165) is 75.9 Å². The summed E-state index contributed by atoms with van der Waals surface area (Å²) in [6, 6.07) is 1.98. The average Bonchev–Trinajstić information content (AvgIpc) is 3.05. The first-order chi connectivity index (χ1) is 14.7. The third kappa shape index (κ3) is 3.47. The zero-order valence-corrected chi connectivity index (χ0v) is 18.3. The summed E-state index contributed by atoms with van der Waals surface area (Å²) in [7, 11) is 0. The number of hydrogen-bond donors (Lipinski definition) is 1. The molecule has 3 aliphatic rings. The number of nitrogens with one attached hydrogen (secondary N) is 1. The van der Waals surface area contributed by atoms with Crippen molar-refractivity contribution in [2.45, 2.75) is 46.0 Å². The monoisotopic (exact) mass is 410 g/mol. The van der Waals surface area contributed by atoms with Crippen LogP contribution in [0.1, 0.15) is 44.4 Å². The molecule has 1 amide bonds. The second-order valence-electron chi connectivity index (χ2n) is 9.41. The topological polar surface area (TPSA) is 65.8 Å². The van der Waals surface area contributed by atoms with Crippen LogP contribution in [0.2, 0.25) is 0 Å². The van der Waals surface area contributed by atoms with Crippen LogP contribution in [0.25, 0.3) is 5.65 Å². The number of aromatic nitrogens is 3. The van der Waals surface area contributed by atoms with Gasteiger partial charge in [0.25, 0.3) is 0 Å². The normalized spacial score (nSPS) is 25.1. The summed E-state index contributed by atoms with van der Waals surface area (Å²) in [4.78, 5) is 22.6. The summed E-state index contributed by atoms with van der Waals surface area (Å²) >= 11 is 0. The van der Waals surface area contributed by atoms with E-state index in [9.17, 15) is 4.79 Å². The number of rotatable bonds is 4. The summed E-state index contributed by atoms with van der Waals surface area (Å²) in [5, 5.41) is 8.04. The zero-order chi connectivity index (χ0) is 20.7. The first kappa shape index (κ1) is 19.8. The summed E-state index contributed by atoms with van der Waals surface area (Å²) in [5.74, 6) is 3.03. The van der Waals surface area contributed by atoms with Crippen LogP contribution in [-0.4, -0.2) is 64.7 Å². The van der Waals surface area contributed by atoms with Crippen LogP contribution in [0.4, 0.5) is 5.82 Å². The lowest BCUT2D eigenvalue weighted by atomic mass is 9.83. The molecule has 0 aliphatic carbocycles. The van der Waals surface area contributed by atoms with Crippen LogP contribution < -0.4 is 10.2 Å². The fourth-order valence-corrected chi connectivity index (χ4v) is 5.50. The Morgan fingerprint density at radius 3 is 2.90 bits per heavy atom. The summed E-state index contributed by atoms with van der Waals surface area (Å²) < 4.78 is 1.98. The Morgan fingerprint density at radius 2 is 2.07 bits per heavy atom. The SMILES string of the molecule is CCC[C@@H]1CN(C(=O)C2CN(c3c4c(nc5ccnn35)CCNCC4)C2)CCC1C. The summed E-state index contributed by atoms with van der Waals surface area (Å²) in [5.41, 5.74) is 3.40. The molecule has 2 fully saturated rings. The largest absolute Gasteiger partial charge is 0.354 e. The molecule has 3 aliphatic heterocycles. The van der Waals surface area contributed by atoms with E-state index in [-0.39, 0.29) is 5.92 Å². The highest BCUT2D eigenvalue weighted by atomic mass is 16.2. The highest BCUT2D eigenvalue weighted by Crippen LogP contribution is 2.33. The molecule has 2 atom stereocenters. The minimum absolute atomic E-state index is 0.110. The van der Waals surface area contributed by atoms with Crippen molar-refractivity contribution in [3.8, 4) is 0 Å². The Bertz CT molecular complexity index is 918. The second kappa shape index (κ2) is 8.17. The van der Waals surface area contributed by atoms with E-state index >= 15 is 0 Å². The van der Waals surface area contributed by atoms with Crippen LogP contribution in [0.5, 0.6) is 0 Å². The third-order valence-corrected chi connectivity index (χ3v) is 7.40. The van der Waals surface area contributed by atoms with Gasteiger partial charge >= 0.3 is 0 Å². The fourth-order valence-electron chi connectivity index (χ4n) is 5.50. The molecule has 5 rings (SSSR count). The van der Waals surface area contributed by atoms with Gasteiger partial charge in [0.2, 0.25) is 5.91 Å². The van der Waals surface area contributed by atoms with Crippen molar-refractivity contribution in [1.29, 1.82) is 0 Å². The Balaban J connectivity index is 1.32. The van der Waals surface area contributed by atoms with Crippen molar-refractivity contribution in [2.24, 2.45) is 17.8 Å². The van der Waals surface area contributed by atoms with E-state index in [1.54, 1.807) is 0 Å². The molecule has 0 radical (unpaired) electrons. The van der Waals surface area contributed by atoms with Gasteiger partial charge in [-0.15, -0.1) is 0 Å². The first-order valence-electron chi connectivity index (χ1n) is 11.8. The Hall–Kier alpha value is -2.15. The van der Waals surface area contributed by atoms with E-state index in [0.29, 0.717) is 11.8 Å². The molecule has 0 bridgehead atoms. The minimum atomic E-state index is 0.110. The fraction of sp³-hybridized carbons (Fsp3) is 0.696. The molecular formula is C23H34N6O. The average molecular weight is 411 g/mol. The molecule has 1 unspecified atom stereocenters. The predicted octanol–water partition coefficient (Wildman–Crippen LogP) is 2.14. The molecule has 0 saturated carbocycles. The molecule has 7 heteroatoms. The van der Waals surface area contributed by atoms with Gasteiger partial charge in [0, 0.05) is 50.8 Å². The third-order valence-electron chi connectivity index (χ3n) is 7.40. The minimum Gasteiger partial charge on any atom is -0.354 e. The van der Waals surface area contributed by atoms with Crippen LogP contribution in [-0.2, 0) is 17.6 Å². The number of carbonyl (C=O) groups is 1. The van der Waals surface area contributed by atoms with Crippen molar-refractivity contribution < 1.29 is 4.79 Å². The van der Waals surface area contributed by atoms with E-state index in [1.165, 1.54) is 24.1 Å². The molecule has 0 spiro atoms. The molecule has 7 nitrogen and oxygen atoms in total. The molecule has 0 aromatic carbocycles. The molecule has 1 N–H and O–H groups in total. The van der Waals surface area contributed by atoms with E-state index < -0.39 is 0 Å². The number of carbonyl (C=O) groups excluding carboxylic acids is 1. The quantitative estimate of drug-likeness (QED) is 0.837. The number of fused-ring (bicyclic) bond motifs is 2. The standard InChI is InChI=1S/C23H34N6O/c1-3-4-17-13-27(12-8-16(17)2)23(30)18-14-28(15-18)22-19-5-9-24-10-6-20(19)26-21-7-11-25-29(21)22/h7,11,16-18,24H,3-6,8-10,12-15H2,1-2H3/t16?,17-/m1/s1. The predicted molar refractivity (Wildman–Crippen MR) is 118 cm³/mol. The Kier molecular flexibility index (Phi) is 5.39. The molecule has 2 aromatic heterocycles. The lowest BCUT2D eigenvalue weighted by molar-refractivity contribution is -0.139. The van der Waals surface area contributed by atoms with Crippen molar-refractivity contribution in [3.05, 3.63) is 23.5 Å². The van der Waals surface area contributed by atoms with Gasteiger partial charge in [-0.25, -0.2) is 4.98 Å². The van der Waals surface area contributed by atoms with Gasteiger partial charge in [0.05, 0.1) is 17.8 Å². The highest BCUT2D eigenvalue weighted by molar-refractivity contribution is 5.82. The lowest BCUT2D eigenvalue weighted by Crippen LogP contribution is -2.57. The molecule has 2 aromatic rings. The number of anilines is 1. The van der Waals surface area contributed by atoms with Gasteiger partial charge in [-0.2, -0.15) is 9.61 Å². The van der Waals surface area contributed by atoms with Crippen molar-refractivity contribution in [3.63, 3.8) is 0 Å². The van der Waals surface area contributed by atoms with E-state index in [2.05, 4.69) is 34.1 Å². The molecule has 162 valence electrons. The second-order valence-corrected chi connectivity index (χ2v) is 9.41. The smallest absolute Gasteiger partial charge is 0.229 e. The molecule has 30 heavy (non-hydrogen) atoms. The zero-order valence-electron chi connectivity index (χ0n) is 18.3. The van der Waals surface area contributed by atoms with Crippen LogP contribution in [0.15, 0.2) is 12.3 Å². The molecule has 2 saturated heterocycles. The Morgan fingerprint density at radius 1 is 1.23 bits per heavy atom. The maximum atomic E-state index is 13.2. The van der Waals surface area contributed by atoms with Gasteiger partial charge in [-0.1, -0.05) is 20.3 Å². The lowest BCUT2D eigenvalue weighted by Gasteiger charge is -2.45. The number of piperidine rings is 1. The van der Waals surface area contributed by atoms with Gasteiger partial charge in [0.1, 0.15) is 5.82 Å². The van der Waals surface area contributed by atoms with Gasteiger partial charge in [-0.05, 0) is 37.6 Å². The van der Waals surface area contributed by atoms with Crippen molar-refractivity contribution in [2.75, 3.05) is 44.2 Å². The van der Waals surface area contributed by atoms with E-state index in [4.69, 9.17) is 4.98 Å². The van der Waals surface area contributed by atoms with Crippen LogP contribution in [0.3, 0.4) is 0 Å². The summed E-state index contributed by atoms with van der Waals surface area (Å²) in [6.45, 7) is 10.0. The van der Waals surface area contributed by atoms with Crippen molar-refractivity contribution in [1.82, 2.24) is 24.8 Å². The van der Waals surface area contributed by atoms with Gasteiger partial charge in [-0.3, -0.25) is 4.79 Å². The highest BCUT2D eigenvalue weighted by Gasteiger charge is 2.40. The summed E-state index contributed by atoms with van der Waals surface area (Å²) in [6.07, 6.45) is 7.32. The van der Waals surface area contributed by atoms with Gasteiger partial charge in [0.15, 0.2) is 5.65 Å². The number of amides is 1. The van der Waals surface area contributed by atoms with E-state index in [1.807, 2.05) is 16.8 Å². The van der Waals surface area contributed by atoms with Crippen LogP contribution in [0, 0.1) is 17.8 Å². The maximum absolute atomic E-state index is 13.2.